The van der Waals surface area contributed by atoms with Crippen LogP contribution in [0.3, 0.4) is 0 Å². The van der Waals surface area contributed by atoms with E-state index in [2.05, 4.69) is 48.7 Å². The number of hydrogen-bond donors (Lipinski definition) is 0. The third kappa shape index (κ3) is 3.40. The molecule has 0 aromatic carbocycles. The van der Waals surface area contributed by atoms with Crippen LogP contribution in [-0.4, -0.2) is 64.6 Å². The predicted octanol–water partition coefficient (Wildman–Crippen LogP) is 2.43. The van der Waals surface area contributed by atoms with Crippen molar-refractivity contribution in [2.45, 2.75) is 38.4 Å². The van der Waals surface area contributed by atoms with Gasteiger partial charge in [-0.2, -0.15) is 0 Å². The fraction of sp³-hybridized carbons (Fsp3) is 0.684. The molecule has 0 radical (unpaired) electrons. The molecule has 0 bridgehead atoms. The summed E-state index contributed by atoms with van der Waals surface area (Å²) in [7, 11) is 8.48. The number of rotatable bonds is 6. The molecule has 2 fully saturated rings. The van der Waals surface area contributed by atoms with Crippen LogP contribution in [0.15, 0.2) is 17.8 Å². The van der Waals surface area contributed by atoms with Gasteiger partial charge in [-0.15, -0.1) is 11.3 Å². The number of aromatic nitrogens is 3. The van der Waals surface area contributed by atoms with Crippen molar-refractivity contribution in [3.05, 3.63) is 28.5 Å². The zero-order chi connectivity index (χ0) is 18.3. The number of hydrogen-bond acceptors (Lipinski definition) is 6. The first-order valence-electron chi connectivity index (χ1n) is 9.47. The third-order valence-corrected chi connectivity index (χ3v) is 7.01. The highest BCUT2D eigenvalue weighted by Gasteiger charge is 2.56. The molecule has 1 unspecified atom stereocenters. The molecule has 4 rings (SSSR count). The molecule has 6 nitrogen and oxygen atoms in total. The summed E-state index contributed by atoms with van der Waals surface area (Å²) in [6.45, 7) is 4.40. The van der Waals surface area contributed by atoms with Gasteiger partial charge in [0.2, 0.25) is 5.95 Å². The Hall–Kier alpha value is -1.44. The average Bonchev–Trinajstić information content (AvgIpc) is 2.93. The molecular formula is C19H30N6S. The van der Waals surface area contributed by atoms with Crippen LogP contribution in [-0.2, 0) is 20.1 Å². The van der Waals surface area contributed by atoms with Gasteiger partial charge in [0.15, 0.2) is 0 Å². The molecule has 1 saturated carbocycles. The summed E-state index contributed by atoms with van der Waals surface area (Å²) in [4.78, 5) is 16.2. The molecular weight excluding hydrogens is 344 g/mol. The maximum Gasteiger partial charge on any atom is 0.204 e. The Labute approximate surface area is 160 Å². The van der Waals surface area contributed by atoms with Gasteiger partial charge in [0, 0.05) is 45.3 Å². The Bertz CT molecular complexity index is 729. The normalized spacial score (nSPS) is 22.3. The molecule has 0 N–H and O–H groups in total. The molecule has 1 aliphatic carbocycles. The van der Waals surface area contributed by atoms with Crippen molar-refractivity contribution in [1.29, 1.82) is 0 Å². The monoisotopic (exact) mass is 374 g/mol. The lowest BCUT2D eigenvalue weighted by Gasteiger charge is -2.34. The Kier molecular flexibility index (Phi) is 4.79. The van der Waals surface area contributed by atoms with Gasteiger partial charge in [-0.05, 0) is 44.8 Å². The molecule has 1 spiro atoms. The Morgan fingerprint density at radius 2 is 2.00 bits per heavy atom. The van der Waals surface area contributed by atoms with E-state index in [4.69, 9.17) is 0 Å². The molecule has 7 heteroatoms. The van der Waals surface area contributed by atoms with E-state index >= 15 is 0 Å². The van der Waals surface area contributed by atoms with E-state index in [0.717, 1.165) is 25.1 Å². The topological polar surface area (TPSA) is 40.4 Å². The van der Waals surface area contributed by atoms with Crippen LogP contribution in [0.5, 0.6) is 0 Å². The lowest BCUT2D eigenvalue weighted by molar-refractivity contribution is 0.137. The molecule has 2 aromatic rings. The van der Waals surface area contributed by atoms with Gasteiger partial charge in [0.1, 0.15) is 5.01 Å². The van der Waals surface area contributed by atoms with E-state index in [9.17, 15) is 0 Å². The quantitative estimate of drug-likeness (QED) is 0.777. The minimum atomic E-state index is 0.559. The SMILES string of the molecule is CN(C)c1ncc(CN2CCC3(CC2)CC3N(C)Cc2nccs2)n1C. The van der Waals surface area contributed by atoms with Gasteiger partial charge in [-0.3, -0.25) is 9.80 Å². The van der Waals surface area contributed by atoms with E-state index in [-0.39, 0.29) is 0 Å². The van der Waals surface area contributed by atoms with Crippen molar-refractivity contribution < 1.29 is 0 Å². The highest BCUT2D eigenvalue weighted by molar-refractivity contribution is 7.09. The Morgan fingerprint density at radius 3 is 2.62 bits per heavy atom. The second-order valence-corrected chi connectivity index (χ2v) is 9.18. The van der Waals surface area contributed by atoms with Gasteiger partial charge in [0.25, 0.3) is 0 Å². The van der Waals surface area contributed by atoms with Crippen LogP contribution < -0.4 is 4.90 Å². The van der Waals surface area contributed by atoms with E-state index in [1.165, 1.54) is 43.1 Å². The van der Waals surface area contributed by atoms with E-state index in [0.29, 0.717) is 5.41 Å². The zero-order valence-electron chi connectivity index (χ0n) is 16.4. The zero-order valence-corrected chi connectivity index (χ0v) is 17.2. The average molecular weight is 375 g/mol. The van der Waals surface area contributed by atoms with Crippen LogP contribution in [0.1, 0.15) is 30.0 Å². The van der Waals surface area contributed by atoms with E-state index < -0.39 is 0 Å². The molecule has 2 aromatic heterocycles. The minimum Gasteiger partial charge on any atom is -0.348 e. The smallest absolute Gasteiger partial charge is 0.204 e. The van der Waals surface area contributed by atoms with Crippen molar-refractivity contribution in [3.8, 4) is 0 Å². The standard InChI is InChI=1S/C19H30N6S/c1-22(2)18-21-12-15(24(18)4)13-25-8-5-19(6-9-25)11-16(19)23(3)14-17-20-7-10-26-17/h7,10,12,16H,5-6,8-9,11,13-14H2,1-4H3. The molecule has 142 valence electrons. The number of likely N-dealkylation sites (tertiary alicyclic amines) is 1. The molecule has 2 aliphatic rings. The molecule has 1 atom stereocenters. The first-order chi connectivity index (χ1) is 12.5. The van der Waals surface area contributed by atoms with Gasteiger partial charge in [0.05, 0.1) is 18.4 Å². The number of anilines is 1. The number of piperidine rings is 1. The van der Waals surface area contributed by atoms with Gasteiger partial charge in [-0.1, -0.05) is 0 Å². The van der Waals surface area contributed by atoms with Crippen LogP contribution in [0.4, 0.5) is 5.95 Å². The molecule has 0 amide bonds. The number of thiazole rings is 1. The van der Waals surface area contributed by atoms with Crippen molar-refractivity contribution in [3.63, 3.8) is 0 Å². The Morgan fingerprint density at radius 1 is 1.23 bits per heavy atom. The molecule has 1 saturated heterocycles. The summed E-state index contributed by atoms with van der Waals surface area (Å²) in [6.07, 6.45) is 7.94. The summed E-state index contributed by atoms with van der Waals surface area (Å²) in [5, 5.41) is 3.31. The number of nitrogens with zero attached hydrogens (tertiary/aromatic N) is 6. The predicted molar refractivity (Wildman–Crippen MR) is 106 cm³/mol. The van der Waals surface area contributed by atoms with Gasteiger partial charge in [-0.25, -0.2) is 9.97 Å². The van der Waals surface area contributed by atoms with E-state index in [1.54, 1.807) is 11.3 Å². The number of imidazole rings is 1. The van der Waals surface area contributed by atoms with Gasteiger partial charge >= 0.3 is 0 Å². The second kappa shape index (κ2) is 6.94. The minimum absolute atomic E-state index is 0.559. The van der Waals surface area contributed by atoms with Crippen LogP contribution in [0.2, 0.25) is 0 Å². The lowest BCUT2D eigenvalue weighted by Crippen LogP contribution is -2.37. The van der Waals surface area contributed by atoms with Crippen LogP contribution in [0, 0.1) is 5.41 Å². The summed E-state index contributed by atoms with van der Waals surface area (Å²) < 4.78 is 2.21. The second-order valence-electron chi connectivity index (χ2n) is 8.20. The van der Waals surface area contributed by atoms with Crippen LogP contribution in [0.25, 0.3) is 0 Å². The maximum atomic E-state index is 4.54. The first kappa shape index (κ1) is 17.9. The lowest BCUT2D eigenvalue weighted by atomic mass is 9.92. The summed E-state index contributed by atoms with van der Waals surface area (Å²) in [5.41, 5.74) is 1.86. The van der Waals surface area contributed by atoms with E-state index in [1.807, 2.05) is 26.5 Å². The third-order valence-electron chi connectivity index (χ3n) is 6.24. The molecule has 3 heterocycles. The first-order valence-corrected chi connectivity index (χ1v) is 10.4. The summed E-state index contributed by atoms with van der Waals surface area (Å²) in [6, 6.07) is 0.741. The van der Waals surface area contributed by atoms with Crippen molar-refractivity contribution >= 4 is 17.3 Å². The maximum absolute atomic E-state index is 4.54. The van der Waals surface area contributed by atoms with Crippen molar-refractivity contribution in [2.24, 2.45) is 12.5 Å². The Balaban J connectivity index is 1.30. The highest BCUT2D eigenvalue weighted by atomic mass is 32.1. The largest absolute Gasteiger partial charge is 0.348 e. The summed E-state index contributed by atoms with van der Waals surface area (Å²) in [5.74, 6) is 1.03. The fourth-order valence-corrected chi connectivity index (χ4v) is 5.20. The molecule has 1 aliphatic heterocycles. The van der Waals surface area contributed by atoms with Crippen molar-refractivity contribution in [1.82, 2.24) is 24.3 Å². The fourth-order valence-electron chi connectivity index (χ4n) is 4.52. The summed E-state index contributed by atoms with van der Waals surface area (Å²) >= 11 is 1.77. The van der Waals surface area contributed by atoms with Crippen molar-refractivity contribution in [2.75, 3.05) is 39.1 Å². The van der Waals surface area contributed by atoms with Gasteiger partial charge < -0.3 is 9.47 Å². The molecule has 26 heavy (non-hydrogen) atoms. The highest BCUT2D eigenvalue weighted by Crippen LogP contribution is 2.56. The van der Waals surface area contributed by atoms with Crippen LogP contribution >= 0.6 is 11.3 Å².